The van der Waals surface area contributed by atoms with Crippen LogP contribution in [0, 0.1) is 0 Å². The van der Waals surface area contributed by atoms with Crippen LogP contribution >= 0.6 is 0 Å². The van der Waals surface area contributed by atoms with E-state index in [0.717, 1.165) is 0 Å². The fourth-order valence-electron chi connectivity index (χ4n) is 0. The van der Waals surface area contributed by atoms with Crippen LogP contribution in [0.25, 0.3) is 0 Å². The molecule has 0 fully saturated rings. The van der Waals surface area contributed by atoms with Gasteiger partial charge in [-0.1, -0.05) is 0 Å². The molecule has 2 radical (unpaired) electrons. The summed E-state index contributed by atoms with van der Waals surface area (Å²) in [5.41, 5.74) is 0. The van der Waals surface area contributed by atoms with Crippen LogP contribution in [0.1, 0.15) is 0 Å². The first kappa shape index (κ1) is 45.1. The summed E-state index contributed by atoms with van der Waals surface area (Å²) in [6.07, 6.45) is 0. The second kappa shape index (κ2) is 33.0. The first-order chi connectivity index (χ1) is 0. The minimum atomic E-state index is 0. The summed E-state index contributed by atoms with van der Waals surface area (Å²) >= 11 is 0. The second-order valence-electron chi connectivity index (χ2n) is 0. The van der Waals surface area contributed by atoms with Gasteiger partial charge in [0.2, 0.25) is 0 Å². The van der Waals surface area contributed by atoms with Gasteiger partial charge < -0.3 is 0 Å². The fourth-order valence-corrected chi connectivity index (χ4v) is 0. The Morgan fingerprint density at radius 3 is 0.333 bits per heavy atom. The molecule has 6 heavy (non-hydrogen) atoms. The van der Waals surface area contributed by atoms with Crippen molar-refractivity contribution in [2.24, 2.45) is 0 Å². The van der Waals surface area contributed by atoms with Gasteiger partial charge in [0.25, 0.3) is 0 Å². The Morgan fingerprint density at radius 1 is 0.333 bits per heavy atom. The second-order valence-corrected chi connectivity index (χ2v) is 0. The van der Waals surface area contributed by atoms with Gasteiger partial charge in [-0.3, -0.25) is 0 Å². The van der Waals surface area contributed by atoms with E-state index in [9.17, 15) is 0 Å². The van der Waals surface area contributed by atoms with Crippen LogP contribution in [0.2, 0.25) is 0 Å². The molecule has 0 unspecified atom stereocenters. The molecule has 0 aromatic rings. The molecule has 0 aliphatic carbocycles. The fraction of sp³-hybridized carbons (Fsp3) is 0. The Morgan fingerprint density at radius 2 is 0.333 bits per heavy atom. The average Bonchev–Trinajstić information content (AvgIpc) is 0. The average molecular weight is 620 g/mol. The summed E-state index contributed by atoms with van der Waals surface area (Å²) in [7, 11) is 0. The van der Waals surface area contributed by atoms with E-state index in [-0.39, 0.29) is 148 Å². The Hall–Kier alpha value is 4.79. The zero-order valence-corrected chi connectivity index (χ0v) is 13.5. The van der Waals surface area contributed by atoms with Crippen molar-refractivity contribution >= 4 is 45.5 Å². The Bertz CT molecular complexity index is 3.90. The van der Waals surface area contributed by atoms with Gasteiger partial charge in [-0.25, -0.2) is 0 Å². The van der Waals surface area contributed by atoms with Gasteiger partial charge in [-0.2, -0.15) is 0 Å². The van der Waals surface area contributed by atoms with E-state index < -0.39 is 0 Å². The molecule has 0 saturated heterocycles. The van der Waals surface area contributed by atoms with Crippen molar-refractivity contribution in [3.63, 3.8) is 0 Å². The summed E-state index contributed by atoms with van der Waals surface area (Å²) in [6.45, 7) is 0. The molecule has 0 aliphatic heterocycles. The first-order valence-corrected chi connectivity index (χ1v) is 0. The van der Waals surface area contributed by atoms with Crippen molar-refractivity contribution < 1.29 is 102 Å². The maximum Gasteiger partial charge on any atom is 0 e. The largest absolute Gasteiger partial charge is 0 e. The van der Waals surface area contributed by atoms with Crippen molar-refractivity contribution in [1.82, 2.24) is 0 Å². The minimum absolute atomic E-state index is 0. The molecular weight excluding hydrogens is 620 g/mol. The van der Waals surface area contributed by atoms with Crippen LogP contribution in [0.15, 0.2) is 0 Å². The van der Waals surface area contributed by atoms with Crippen LogP contribution in [0.3, 0.4) is 0 Å². The van der Waals surface area contributed by atoms with E-state index in [2.05, 4.69) is 0 Å². The predicted octanol–water partition coefficient (Wildman–Crippen LogP) is -0.393. The normalized spacial score (nSPS) is 0. The van der Waals surface area contributed by atoms with Crippen LogP contribution < -0.4 is 0 Å². The molecule has 0 saturated carbocycles. The minimum Gasteiger partial charge on any atom is 0 e. The summed E-state index contributed by atoms with van der Waals surface area (Å²) < 4.78 is 0. The Labute approximate surface area is 144 Å². The molecule has 0 bridgehead atoms. The quantitative estimate of drug-likeness (QED) is 0.325. The predicted molar refractivity (Wildman–Crippen MR) is 5.75 cm³/mol. The molecule has 0 aromatic heterocycles. The van der Waals surface area contributed by atoms with Crippen molar-refractivity contribution in [3.05, 3.63) is 0 Å². The van der Waals surface area contributed by atoms with Gasteiger partial charge in [-0.05, 0) is 0 Å². The zero-order valence-electron chi connectivity index (χ0n) is 2.29. The SMILES string of the molecule is [Pd].[Pd].[Pd].[Pd].[Pd].[Sr]. The molecule has 0 aliphatic rings. The molecule has 0 spiro atoms. The topological polar surface area (TPSA) is 0 Å². The van der Waals surface area contributed by atoms with Crippen molar-refractivity contribution in [2.45, 2.75) is 0 Å². The molecule has 0 heterocycles. The van der Waals surface area contributed by atoms with Gasteiger partial charge in [0.15, 0.2) is 0 Å². The van der Waals surface area contributed by atoms with Crippen LogP contribution in [0.5, 0.6) is 0 Å². The van der Waals surface area contributed by atoms with E-state index in [1.807, 2.05) is 0 Å². The zero-order chi connectivity index (χ0) is 0. The summed E-state index contributed by atoms with van der Waals surface area (Å²) in [5, 5.41) is 0. The van der Waals surface area contributed by atoms with Gasteiger partial charge in [0.1, 0.15) is 0 Å². The van der Waals surface area contributed by atoms with Gasteiger partial charge in [-0.15, -0.1) is 0 Å². The van der Waals surface area contributed by atoms with E-state index in [1.54, 1.807) is 0 Å². The van der Waals surface area contributed by atoms with Crippen LogP contribution in [-0.4, -0.2) is 45.5 Å². The van der Waals surface area contributed by atoms with Gasteiger partial charge in [0.05, 0.1) is 0 Å². The Kier molecular flexibility index (Phi) is 248. The molecule has 0 atom stereocenters. The molecule has 0 amide bonds. The first-order valence-electron chi connectivity index (χ1n) is 0. The maximum absolute atomic E-state index is 0. The third-order valence-electron chi connectivity index (χ3n) is 0. The van der Waals surface area contributed by atoms with Crippen molar-refractivity contribution in [1.29, 1.82) is 0 Å². The molecule has 0 N–H and O–H groups in total. The molecule has 0 aromatic carbocycles. The maximum atomic E-state index is 0. The van der Waals surface area contributed by atoms with Crippen molar-refractivity contribution in [3.8, 4) is 0 Å². The summed E-state index contributed by atoms with van der Waals surface area (Å²) in [5.74, 6) is 0. The standard InChI is InChI=1S/5Pd.Sr. The number of hydrogen-bond donors (Lipinski definition) is 0. The van der Waals surface area contributed by atoms with Crippen molar-refractivity contribution in [2.75, 3.05) is 0 Å². The third kappa shape index (κ3) is 23.2. The van der Waals surface area contributed by atoms with E-state index >= 15 is 0 Å². The number of hydrogen-bond acceptors (Lipinski definition) is 0. The number of rotatable bonds is 0. The molecule has 6 heteroatoms. The molecule has 52 valence electrons. The molecular formula is Pd5Sr. The Balaban J connectivity index is 0. The van der Waals surface area contributed by atoms with E-state index in [1.165, 1.54) is 0 Å². The van der Waals surface area contributed by atoms with E-state index in [4.69, 9.17) is 0 Å². The van der Waals surface area contributed by atoms with Gasteiger partial charge in [0, 0.05) is 148 Å². The molecule has 0 rings (SSSR count). The third-order valence-corrected chi connectivity index (χ3v) is 0. The van der Waals surface area contributed by atoms with Crippen LogP contribution in [-0.2, 0) is 102 Å². The summed E-state index contributed by atoms with van der Waals surface area (Å²) in [6, 6.07) is 0. The van der Waals surface area contributed by atoms with E-state index in [0.29, 0.717) is 0 Å². The summed E-state index contributed by atoms with van der Waals surface area (Å²) in [4.78, 5) is 0. The monoisotopic (exact) mass is 617 g/mol. The van der Waals surface area contributed by atoms with Gasteiger partial charge >= 0.3 is 0 Å². The smallest absolute Gasteiger partial charge is 0 e. The van der Waals surface area contributed by atoms with Crippen LogP contribution in [0.4, 0.5) is 0 Å². The molecule has 0 nitrogen and oxygen atoms in total.